The minimum atomic E-state index is -0.676. The first-order valence-electron chi connectivity index (χ1n) is 7.71. The molecule has 0 aliphatic heterocycles. The maximum Gasteiger partial charge on any atom is 0.712 e. The first-order chi connectivity index (χ1) is 9.81. The van der Waals surface area contributed by atoms with E-state index >= 15 is 0 Å². The van der Waals surface area contributed by atoms with E-state index in [1.165, 1.54) is 16.7 Å². The molecule has 1 aromatic carbocycles. The van der Waals surface area contributed by atoms with E-state index in [-0.39, 0.29) is 0 Å². The van der Waals surface area contributed by atoms with Crippen molar-refractivity contribution in [3.05, 3.63) is 28.8 Å². The van der Waals surface area contributed by atoms with Gasteiger partial charge in [0.05, 0.1) is 0 Å². The Labute approximate surface area is 130 Å². The Hall–Kier alpha value is -0.995. The van der Waals surface area contributed by atoms with Gasteiger partial charge in [-0.15, -0.1) is 0 Å². The molecule has 0 unspecified atom stereocenters. The zero-order valence-electron chi connectivity index (χ0n) is 14.7. The second kappa shape index (κ2) is 7.86. The maximum atomic E-state index is 5.99. The molecule has 0 N–H and O–H groups in total. The van der Waals surface area contributed by atoms with Gasteiger partial charge >= 0.3 is 7.32 Å². The minimum absolute atomic E-state index is 0.380. The van der Waals surface area contributed by atoms with Crippen LogP contribution < -0.4 is 4.65 Å². The zero-order chi connectivity index (χ0) is 16.2. The van der Waals surface area contributed by atoms with Crippen LogP contribution in [-0.4, -0.2) is 21.5 Å². The van der Waals surface area contributed by atoms with E-state index in [1.54, 1.807) is 14.2 Å². The van der Waals surface area contributed by atoms with Crippen molar-refractivity contribution >= 4 is 7.32 Å². The molecule has 21 heavy (non-hydrogen) atoms. The molecular formula is C17H29BO3. The van der Waals surface area contributed by atoms with Gasteiger partial charge in [0.2, 0.25) is 0 Å². The summed E-state index contributed by atoms with van der Waals surface area (Å²) in [4.78, 5) is 0. The van der Waals surface area contributed by atoms with Crippen LogP contribution in [-0.2, 0) is 9.31 Å². The number of hydrogen-bond donors (Lipinski definition) is 0. The van der Waals surface area contributed by atoms with Crippen molar-refractivity contribution in [3.63, 3.8) is 0 Å². The molecule has 0 aliphatic rings. The first-order valence-corrected chi connectivity index (χ1v) is 7.71. The van der Waals surface area contributed by atoms with E-state index in [4.69, 9.17) is 14.0 Å². The Morgan fingerprint density at radius 2 is 1.19 bits per heavy atom. The van der Waals surface area contributed by atoms with E-state index in [1.807, 2.05) is 0 Å². The Bertz CT molecular complexity index is 422. The molecule has 0 aliphatic carbocycles. The maximum absolute atomic E-state index is 5.99. The van der Waals surface area contributed by atoms with Crippen molar-refractivity contribution in [3.8, 4) is 5.75 Å². The van der Waals surface area contributed by atoms with Crippen molar-refractivity contribution in [1.82, 2.24) is 0 Å². The number of hydrogen-bond acceptors (Lipinski definition) is 3. The molecule has 0 saturated carbocycles. The van der Waals surface area contributed by atoms with Crippen LogP contribution >= 0.6 is 0 Å². The average molecular weight is 292 g/mol. The van der Waals surface area contributed by atoms with Crippen molar-refractivity contribution in [1.29, 1.82) is 0 Å². The molecule has 0 radical (unpaired) electrons. The quantitative estimate of drug-likeness (QED) is 0.681. The van der Waals surface area contributed by atoms with Gasteiger partial charge in [0.25, 0.3) is 0 Å². The van der Waals surface area contributed by atoms with Gasteiger partial charge in [0.1, 0.15) is 5.75 Å². The molecule has 0 heterocycles. The third-order valence-corrected chi connectivity index (χ3v) is 3.68. The largest absolute Gasteiger partial charge is 0.712 e. The van der Waals surface area contributed by atoms with Gasteiger partial charge in [-0.05, 0) is 34.4 Å². The summed E-state index contributed by atoms with van der Waals surface area (Å²) in [6.45, 7) is 13.2. The molecule has 0 saturated heterocycles. The van der Waals surface area contributed by atoms with Crippen LogP contribution in [0.1, 0.15) is 76.0 Å². The molecule has 4 heteroatoms. The smallest absolute Gasteiger partial charge is 0.511 e. The Morgan fingerprint density at radius 1 is 0.762 bits per heavy atom. The summed E-state index contributed by atoms with van der Waals surface area (Å²) < 4.78 is 16.4. The minimum Gasteiger partial charge on any atom is -0.511 e. The third kappa shape index (κ3) is 4.48. The molecule has 0 spiro atoms. The average Bonchev–Trinajstić information content (AvgIpc) is 2.43. The Balaban J connectivity index is 3.42. The fourth-order valence-corrected chi connectivity index (χ4v) is 2.31. The van der Waals surface area contributed by atoms with E-state index in [2.05, 4.69) is 53.7 Å². The predicted molar refractivity (Wildman–Crippen MR) is 89.1 cm³/mol. The highest BCUT2D eigenvalue weighted by molar-refractivity contribution is 6.37. The van der Waals surface area contributed by atoms with Crippen LogP contribution in [0.15, 0.2) is 12.1 Å². The summed E-state index contributed by atoms with van der Waals surface area (Å²) in [5, 5.41) is 0. The highest BCUT2D eigenvalue weighted by Gasteiger charge is 2.26. The van der Waals surface area contributed by atoms with Crippen molar-refractivity contribution in [2.75, 3.05) is 14.2 Å². The SMILES string of the molecule is COB(OC)Oc1c(C(C)C)cc(C(C)C)cc1C(C)C. The lowest BCUT2D eigenvalue weighted by molar-refractivity contribution is 0.200. The van der Waals surface area contributed by atoms with Crippen molar-refractivity contribution < 1.29 is 14.0 Å². The molecule has 0 atom stereocenters. The molecule has 0 amide bonds. The summed E-state index contributed by atoms with van der Waals surface area (Å²) in [7, 11) is 2.49. The third-order valence-electron chi connectivity index (χ3n) is 3.68. The molecule has 1 aromatic rings. The highest BCUT2D eigenvalue weighted by atomic mass is 16.7. The van der Waals surface area contributed by atoms with Crippen molar-refractivity contribution in [2.24, 2.45) is 0 Å². The second-order valence-corrected chi connectivity index (χ2v) is 6.37. The summed E-state index contributed by atoms with van der Waals surface area (Å²) in [6, 6.07) is 4.50. The van der Waals surface area contributed by atoms with Gasteiger partial charge < -0.3 is 14.0 Å². The van der Waals surface area contributed by atoms with Gasteiger partial charge in [0.15, 0.2) is 0 Å². The molecule has 1 rings (SSSR count). The molecule has 0 fully saturated rings. The Kier molecular flexibility index (Phi) is 6.75. The molecule has 118 valence electrons. The monoisotopic (exact) mass is 292 g/mol. The fourth-order valence-electron chi connectivity index (χ4n) is 2.31. The van der Waals surface area contributed by atoms with Crippen LogP contribution in [0.5, 0.6) is 5.75 Å². The zero-order valence-corrected chi connectivity index (χ0v) is 14.7. The predicted octanol–water partition coefficient (Wildman–Crippen LogP) is 4.71. The van der Waals surface area contributed by atoms with Crippen LogP contribution in [0, 0.1) is 0 Å². The van der Waals surface area contributed by atoms with E-state index < -0.39 is 7.32 Å². The lowest BCUT2D eigenvalue weighted by atomic mass is 9.88. The van der Waals surface area contributed by atoms with E-state index in [0.717, 1.165) is 5.75 Å². The standard InChI is InChI=1S/C17H29BO3/c1-11(2)14-9-15(12(3)4)17(16(10-14)13(5)6)21-18(19-7)20-8/h9-13H,1-8H3. The second-order valence-electron chi connectivity index (χ2n) is 6.37. The lowest BCUT2D eigenvalue weighted by Gasteiger charge is -2.24. The first kappa shape index (κ1) is 18.1. The van der Waals surface area contributed by atoms with Crippen LogP contribution in [0.3, 0.4) is 0 Å². The van der Waals surface area contributed by atoms with Crippen molar-refractivity contribution in [2.45, 2.75) is 59.3 Å². The van der Waals surface area contributed by atoms with E-state index in [9.17, 15) is 0 Å². The fraction of sp³-hybridized carbons (Fsp3) is 0.647. The summed E-state index contributed by atoms with van der Waals surface area (Å²) >= 11 is 0. The van der Waals surface area contributed by atoms with Gasteiger partial charge in [-0.3, -0.25) is 0 Å². The van der Waals surface area contributed by atoms with Crippen LogP contribution in [0.25, 0.3) is 0 Å². The summed E-state index contributed by atoms with van der Waals surface area (Å²) in [5.74, 6) is 2.16. The molecular weight excluding hydrogens is 263 g/mol. The number of benzene rings is 1. The van der Waals surface area contributed by atoms with Crippen LogP contribution in [0.2, 0.25) is 0 Å². The summed E-state index contributed by atoms with van der Waals surface area (Å²) in [6.07, 6.45) is 0. The molecule has 3 nitrogen and oxygen atoms in total. The van der Waals surface area contributed by atoms with Crippen LogP contribution in [0.4, 0.5) is 0 Å². The molecule has 0 bridgehead atoms. The lowest BCUT2D eigenvalue weighted by Crippen LogP contribution is -2.28. The topological polar surface area (TPSA) is 27.7 Å². The van der Waals surface area contributed by atoms with E-state index in [0.29, 0.717) is 17.8 Å². The summed E-state index contributed by atoms with van der Waals surface area (Å²) in [5.41, 5.74) is 3.77. The van der Waals surface area contributed by atoms with Gasteiger partial charge in [0, 0.05) is 14.2 Å². The highest BCUT2D eigenvalue weighted by Crippen LogP contribution is 2.38. The van der Waals surface area contributed by atoms with Gasteiger partial charge in [-0.1, -0.05) is 53.7 Å². The Morgan fingerprint density at radius 3 is 1.48 bits per heavy atom. The van der Waals surface area contributed by atoms with Gasteiger partial charge in [-0.25, -0.2) is 0 Å². The molecule has 0 aromatic heterocycles. The number of rotatable bonds is 7. The normalized spacial score (nSPS) is 11.6. The van der Waals surface area contributed by atoms with Gasteiger partial charge in [-0.2, -0.15) is 0 Å².